The van der Waals surface area contributed by atoms with Gasteiger partial charge >= 0.3 is 6.18 Å². The topological polar surface area (TPSA) is 27.6 Å². The van der Waals surface area contributed by atoms with E-state index < -0.39 is 11.7 Å². The van der Waals surface area contributed by atoms with Gasteiger partial charge in [0, 0.05) is 19.2 Å². The van der Waals surface area contributed by atoms with Crippen molar-refractivity contribution in [1.82, 2.24) is 10.2 Å². The van der Waals surface area contributed by atoms with Crippen molar-refractivity contribution in [3.05, 3.63) is 35.4 Å². The van der Waals surface area contributed by atoms with Crippen LogP contribution in [0.1, 0.15) is 11.1 Å². The first-order chi connectivity index (χ1) is 9.47. The van der Waals surface area contributed by atoms with E-state index in [2.05, 4.69) is 22.2 Å². The molecule has 0 saturated carbocycles. The highest BCUT2D eigenvalue weighted by atomic mass is 19.4. The second kappa shape index (κ2) is 5.87. The Bertz CT molecular complexity index is 567. The van der Waals surface area contributed by atoms with Gasteiger partial charge in [-0.1, -0.05) is 17.9 Å². The van der Waals surface area contributed by atoms with E-state index in [-0.39, 0.29) is 0 Å². The summed E-state index contributed by atoms with van der Waals surface area (Å²) in [5.74, 6) is 6.27. The summed E-state index contributed by atoms with van der Waals surface area (Å²) in [6.45, 7) is 1.96. The fourth-order valence-electron chi connectivity index (χ4n) is 1.77. The summed E-state index contributed by atoms with van der Waals surface area (Å²) in [5.41, 5.74) is -0.333. The lowest BCUT2D eigenvalue weighted by atomic mass is 10.1. The van der Waals surface area contributed by atoms with Crippen molar-refractivity contribution in [2.45, 2.75) is 6.18 Å². The lowest BCUT2D eigenvalue weighted by molar-refractivity contribution is -0.137. The van der Waals surface area contributed by atoms with Crippen molar-refractivity contribution >= 4 is 5.96 Å². The summed E-state index contributed by atoms with van der Waals surface area (Å²) in [4.78, 5) is 6.19. The van der Waals surface area contributed by atoms with E-state index in [9.17, 15) is 13.2 Å². The van der Waals surface area contributed by atoms with Crippen molar-refractivity contribution in [3.8, 4) is 11.8 Å². The van der Waals surface area contributed by atoms with Crippen LogP contribution in [0, 0.1) is 11.8 Å². The quantitative estimate of drug-likeness (QED) is 0.797. The monoisotopic (exact) mass is 281 g/mol. The Morgan fingerprint density at radius 1 is 1.40 bits per heavy atom. The maximum atomic E-state index is 12.5. The average Bonchev–Trinajstić information content (AvgIpc) is 2.80. The molecule has 2 rings (SSSR count). The second-order valence-corrected chi connectivity index (χ2v) is 4.36. The van der Waals surface area contributed by atoms with Crippen molar-refractivity contribution < 1.29 is 13.2 Å². The molecule has 0 saturated heterocycles. The first-order valence-corrected chi connectivity index (χ1v) is 6.12. The zero-order valence-corrected chi connectivity index (χ0v) is 11.0. The molecule has 3 nitrogen and oxygen atoms in total. The molecule has 0 unspecified atom stereocenters. The van der Waals surface area contributed by atoms with Crippen LogP contribution >= 0.6 is 0 Å². The smallest absolute Gasteiger partial charge is 0.345 e. The van der Waals surface area contributed by atoms with Crippen LogP contribution < -0.4 is 5.32 Å². The Hall–Kier alpha value is -2.16. The van der Waals surface area contributed by atoms with Crippen LogP contribution in [0.5, 0.6) is 0 Å². The van der Waals surface area contributed by atoms with Gasteiger partial charge in [0.15, 0.2) is 5.96 Å². The fraction of sp³-hybridized carbons (Fsp3) is 0.357. The molecule has 0 aromatic heterocycles. The molecule has 1 aliphatic rings. The van der Waals surface area contributed by atoms with Crippen molar-refractivity contribution in [2.24, 2.45) is 4.99 Å². The van der Waals surface area contributed by atoms with Gasteiger partial charge in [0.1, 0.15) is 0 Å². The molecule has 106 valence electrons. The predicted octanol–water partition coefficient (Wildman–Crippen LogP) is 1.95. The van der Waals surface area contributed by atoms with Gasteiger partial charge in [0.05, 0.1) is 18.7 Å². The largest absolute Gasteiger partial charge is 0.416 e. The van der Waals surface area contributed by atoms with Gasteiger partial charge in [-0.05, 0) is 18.2 Å². The minimum Gasteiger partial charge on any atom is -0.345 e. The number of likely N-dealkylation sites (N-methyl/N-ethyl adjacent to an activating group) is 1. The number of benzene rings is 1. The fourth-order valence-corrected chi connectivity index (χ4v) is 1.77. The lowest BCUT2D eigenvalue weighted by Crippen LogP contribution is -2.35. The van der Waals surface area contributed by atoms with E-state index in [1.165, 1.54) is 6.07 Å². The number of halogens is 3. The van der Waals surface area contributed by atoms with Gasteiger partial charge in [-0.25, -0.2) is 0 Å². The van der Waals surface area contributed by atoms with Gasteiger partial charge in [0.25, 0.3) is 0 Å². The Labute approximate surface area is 115 Å². The molecule has 1 aromatic rings. The van der Waals surface area contributed by atoms with Gasteiger partial charge in [-0.3, -0.25) is 4.99 Å². The SMILES string of the molecule is CN1CCN=C1NCC#Cc1cccc(C(F)(F)F)c1. The molecule has 1 heterocycles. The minimum absolute atomic E-state index is 0.347. The summed E-state index contributed by atoms with van der Waals surface area (Å²) in [7, 11) is 1.92. The van der Waals surface area contributed by atoms with Gasteiger partial charge in [-0.2, -0.15) is 13.2 Å². The number of hydrogen-bond acceptors (Lipinski definition) is 3. The predicted molar refractivity (Wildman–Crippen MR) is 71.3 cm³/mol. The molecular formula is C14H14F3N3. The van der Waals surface area contributed by atoms with Crippen LogP contribution in [0.15, 0.2) is 29.3 Å². The third-order valence-electron chi connectivity index (χ3n) is 2.82. The number of alkyl halides is 3. The standard InChI is InChI=1S/C14H14F3N3/c1-20-9-8-19-13(20)18-7-3-5-11-4-2-6-12(10-11)14(15,16)17/h2,4,6,10H,7-9H2,1H3,(H,18,19). The molecule has 1 N–H and O–H groups in total. The Morgan fingerprint density at radius 2 is 2.20 bits per heavy atom. The summed E-state index contributed by atoms with van der Waals surface area (Å²) in [6, 6.07) is 4.99. The highest BCUT2D eigenvalue weighted by Gasteiger charge is 2.30. The molecule has 20 heavy (non-hydrogen) atoms. The molecule has 0 fully saturated rings. The summed E-state index contributed by atoms with van der Waals surface area (Å²) >= 11 is 0. The van der Waals surface area contributed by atoms with E-state index in [1.54, 1.807) is 6.07 Å². The molecule has 6 heteroatoms. The van der Waals surface area contributed by atoms with E-state index in [0.717, 1.165) is 31.2 Å². The third-order valence-corrected chi connectivity index (χ3v) is 2.82. The van der Waals surface area contributed by atoms with Crippen LogP contribution in [0.2, 0.25) is 0 Å². The van der Waals surface area contributed by atoms with Gasteiger partial charge in [0.2, 0.25) is 0 Å². The molecule has 0 spiro atoms. The van der Waals surface area contributed by atoms with Crippen molar-refractivity contribution in [2.75, 3.05) is 26.7 Å². The number of guanidine groups is 1. The zero-order valence-electron chi connectivity index (χ0n) is 11.0. The van der Waals surface area contributed by atoms with E-state index in [1.807, 2.05) is 11.9 Å². The maximum absolute atomic E-state index is 12.5. The van der Waals surface area contributed by atoms with Crippen molar-refractivity contribution in [1.29, 1.82) is 0 Å². The molecular weight excluding hydrogens is 267 g/mol. The number of hydrogen-bond donors (Lipinski definition) is 1. The molecule has 0 atom stereocenters. The highest BCUT2D eigenvalue weighted by molar-refractivity contribution is 5.81. The zero-order chi connectivity index (χ0) is 14.6. The minimum atomic E-state index is -4.34. The third kappa shape index (κ3) is 3.67. The van der Waals surface area contributed by atoms with Crippen LogP contribution in [0.4, 0.5) is 13.2 Å². The number of nitrogens with one attached hydrogen (secondary N) is 1. The Balaban J connectivity index is 1.96. The first-order valence-electron chi connectivity index (χ1n) is 6.12. The van der Waals surface area contributed by atoms with Crippen LogP contribution in [0.25, 0.3) is 0 Å². The van der Waals surface area contributed by atoms with Crippen LogP contribution in [-0.4, -0.2) is 37.5 Å². The van der Waals surface area contributed by atoms with E-state index >= 15 is 0 Å². The number of rotatable bonds is 1. The summed E-state index contributed by atoms with van der Waals surface area (Å²) in [5, 5.41) is 3.03. The molecule has 0 aliphatic carbocycles. The molecule has 0 amide bonds. The summed E-state index contributed by atoms with van der Waals surface area (Å²) in [6.07, 6.45) is -4.34. The Morgan fingerprint density at radius 3 is 2.85 bits per heavy atom. The van der Waals surface area contributed by atoms with Gasteiger partial charge in [-0.15, -0.1) is 0 Å². The molecule has 0 bridgehead atoms. The number of aliphatic imine (C=N–C) groups is 1. The Kier molecular flexibility index (Phi) is 4.18. The normalized spacial score (nSPS) is 14.6. The highest BCUT2D eigenvalue weighted by Crippen LogP contribution is 2.29. The maximum Gasteiger partial charge on any atom is 0.416 e. The molecule has 0 radical (unpaired) electrons. The second-order valence-electron chi connectivity index (χ2n) is 4.36. The van der Waals surface area contributed by atoms with Crippen molar-refractivity contribution in [3.63, 3.8) is 0 Å². The number of nitrogens with zero attached hydrogens (tertiary/aromatic N) is 2. The van der Waals surface area contributed by atoms with Crippen LogP contribution in [-0.2, 0) is 6.18 Å². The molecule has 1 aromatic carbocycles. The van der Waals surface area contributed by atoms with E-state index in [4.69, 9.17) is 0 Å². The van der Waals surface area contributed by atoms with E-state index in [0.29, 0.717) is 12.1 Å². The molecule has 1 aliphatic heterocycles. The summed E-state index contributed by atoms with van der Waals surface area (Å²) < 4.78 is 37.6. The lowest BCUT2D eigenvalue weighted by Gasteiger charge is -2.13. The van der Waals surface area contributed by atoms with Crippen LogP contribution in [0.3, 0.4) is 0 Å². The first kappa shape index (κ1) is 14.3. The van der Waals surface area contributed by atoms with Gasteiger partial charge < -0.3 is 10.2 Å². The average molecular weight is 281 g/mol.